The summed E-state index contributed by atoms with van der Waals surface area (Å²) in [7, 11) is 0. The molecule has 33 heavy (non-hydrogen) atoms. The van der Waals surface area contributed by atoms with Gasteiger partial charge in [0.05, 0.1) is 6.34 Å². The zero-order valence-electron chi connectivity index (χ0n) is 18.8. The van der Waals surface area contributed by atoms with Crippen LogP contribution in [0.25, 0.3) is 0 Å². The molecule has 0 atom stereocenters. The number of hydrogen-bond donors (Lipinski definition) is 3. The number of nitrogens with one attached hydrogen (secondary N) is 3. The van der Waals surface area contributed by atoms with Gasteiger partial charge < -0.3 is 19.9 Å². The molecule has 9 heteroatoms. The van der Waals surface area contributed by atoms with E-state index in [-0.39, 0.29) is 24.4 Å². The van der Waals surface area contributed by atoms with Crippen molar-refractivity contribution in [1.82, 2.24) is 14.8 Å². The van der Waals surface area contributed by atoms with Crippen LogP contribution in [-0.4, -0.2) is 58.2 Å². The molecule has 1 aromatic heterocycles. The van der Waals surface area contributed by atoms with E-state index in [2.05, 4.69) is 16.9 Å². The number of hydrogen-bond acceptors (Lipinski definition) is 6. The summed E-state index contributed by atoms with van der Waals surface area (Å²) in [4.78, 5) is 32.5. The minimum atomic E-state index is -0.403. The van der Waals surface area contributed by atoms with Crippen molar-refractivity contribution in [2.45, 2.75) is 32.9 Å². The summed E-state index contributed by atoms with van der Waals surface area (Å²) in [5.41, 5.74) is 2.78. The van der Waals surface area contributed by atoms with Gasteiger partial charge in [-0.25, -0.2) is 9.78 Å². The van der Waals surface area contributed by atoms with Gasteiger partial charge in [0.25, 0.3) is 5.91 Å². The molecule has 0 saturated carbocycles. The molecule has 2 heterocycles. The highest BCUT2D eigenvalue weighted by molar-refractivity contribution is 6.05. The third-order valence-electron chi connectivity index (χ3n) is 5.25. The number of anilines is 1. The number of fused-ring (bicyclic) bond motifs is 1. The summed E-state index contributed by atoms with van der Waals surface area (Å²) < 4.78 is 5.12. The Labute approximate surface area is 193 Å². The van der Waals surface area contributed by atoms with Gasteiger partial charge in [0.15, 0.2) is 5.84 Å². The molecule has 1 aliphatic heterocycles. The van der Waals surface area contributed by atoms with Gasteiger partial charge in [-0.3, -0.25) is 15.6 Å². The Bertz CT molecular complexity index is 1080. The van der Waals surface area contributed by atoms with Gasteiger partial charge in [0, 0.05) is 24.7 Å². The van der Waals surface area contributed by atoms with Crippen LogP contribution in [0.15, 0.2) is 49.1 Å². The quantitative estimate of drug-likeness (QED) is 0.339. The van der Waals surface area contributed by atoms with Crippen molar-refractivity contribution >= 4 is 30.0 Å². The highest BCUT2D eigenvalue weighted by Crippen LogP contribution is 2.22. The van der Waals surface area contributed by atoms with Crippen molar-refractivity contribution < 1.29 is 14.3 Å². The van der Waals surface area contributed by atoms with Gasteiger partial charge in [-0.15, -0.1) is 0 Å². The Morgan fingerprint density at radius 2 is 2.09 bits per heavy atom. The van der Waals surface area contributed by atoms with Gasteiger partial charge in [-0.05, 0) is 55.7 Å². The normalized spacial score (nSPS) is 12.5. The maximum absolute atomic E-state index is 12.9. The van der Waals surface area contributed by atoms with Crippen LogP contribution < -0.4 is 5.32 Å². The number of amides is 2. The Hall–Kier alpha value is -4.01. The highest BCUT2D eigenvalue weighted by atomic mass is 16.6. The average Bonchev–Trinajstić information content (AvgIpc) is 2.82. The third kappa shape index (κ3) is 5.62. The lowest BCUT2D eigenvalue weighted by atomic mass is 9.97. The van der Waals surface area contributed by atoms with Crippen LogP contribution in [0.1, 0.15) is 41.0 Å². The van der Waals surface area contributed by atoms with E-state index in [1.807, 2.05) is 19.9 Å². The number of nitrogens with zero attached hydrogens (tertiary/aromatic N) is 3. The van der Waals surface area contributed by atoms with E-state index in [1.54, 1.807) is 35.2 Å². The number of ether oxygens (including phenoxy) is 1. The van der Waals surface area contributed by atoms with Crippen molar-refractivity contribution in [1.29, 1.82) is 10.8 Å². The molecule has 2 amide bonds. The Kier molecular flexibility index (Phi) is 7.55. The Morgan fingerprint density at radius 1 is 1.30 bits per heavy atom. The van der Waals surface area contributed by atoms with Gasteiger partial charge in [0.1, 0.15) is 18.1 Å². The largest absolute Gasteiger partial charge is 0.445 e. The van der Waals surface area contributed by atoms with E-state index in [4.69, 9.17) is 15.6 Å². The number of pyridine rings is 1. The molecule has 0 saturated heterocycles. The first-order valence-corrected chi connectivity index (χ1v) is 10.6. The topological polar surface area (TPSA) is 122 Å². The molecular weight excluding hydrogens is 420 g/mol. The van der Waals surface area contributed by atoms with E-state index < -0.39 is 6.09 Å². The van der Waals surface area contributed by atoms with E-state index in [9.17, 15) is 9.59 Å². The first-order valence-electron chi connectivity index (χ1n) is 10.6. The smallest absolute Gasteiger partial charge is 0.410 e. The standard InChI is InChI=1S/C24H28N6O3/c1-4-12-33-24(32)29-11-10-17-8-9-18(13-19(17)14-29)23(31)28-21-7-5-6-20(27-21)22(26)30(15-25)16(2)3/h4-9,13,15-16,25-26H,1,10-12,14H2,2-3H3,(H,27,28,31). The number of amidine groups is 1. The van der Waals surface area contributed by atoms with Crippen LogP contribution in [0.5, 0.6) is 0 Å². The summed E-state index contributed by atoms with van der Waals surface area (Å²) in [6.45, 7) is 8.38. The molecule has 0 aliphatic carbocycles. The molecule has 3 N–H and O–H groups in total. The van der Waals surface area contributed by atoms with Crippen LogP contribution in [0, 0.1) is 10.8 Å². The number of rotatable bonds is 7. The molecule has 1 aromatic carbocycles. The zero-order valence-corrected chi connectivity index (χ0v) is 18.8. The van der Waals surface area contributed by atoms with Crippen molar-refractivity contribution in [2.75, 3.05) is 18.5 Å². The molecule has 1 aliphatic rings. The average molecular weight is 449 g/mol. The second-order valence-electron chi connectivity index (χ2n) is 7.86. The van der Waals surface area contributed by atoms with Crippen molar-refractivity contribution in [2.24, 2.45) is 0 Å². The first-order chi connectivity index (χ1) is 15.8. The molecule has 9 nitrogen and oxygen atoms in total. The van der Waals surface area contributed by atoms with Gasteiger partial charge in [-0.2, -0.15) is 0 Å². The van der Waals surface area contributed by atoms with Crippen molar-refractivity contribution in [3.05, 3.63) is 71.4 Å². The zero-order chi connectivity index (χ0) is 24.0. The minimum absolute atomic E-state index is 0.0702. The van der Waals surface area contributed by atoms with Crippen LogP contribution in [0.4, 0.5) is 10.6 Å². The third-order valence-corrected chi connectivity index (χ3v) is 5.25. The lowest BCUT2D eigenvalue weighted by Gasteiger charge is -2.28. The molecule has 2 aromatic rings. The second kappa shape index (κ2) is 10.5. The van der Waals surface area contributed by atoms with E-state index >= 15 is 0 Å². The lowest BCUT2D eigenvalue weighted by molar-refractivity contribution is 0.102. The molecule has 0 unspecified atom stereocenters. The highest BCUT2D eigenvalue weighted by Gasteiger charge is 2.23. The second-order valence-corrected chi connectivity index (χ2v) is 7.86. The van der Waals surface area contributed by atoms with Crippen LogP contribution in [0.2, 0.25) is 0 Å². The fourth-order valence-corrected chi connectivity index (χ4v) is 3.50. The summed E-state index contributed by atoms with van der Waals surface area (Å²) in [6.07, 6.45) is 2.89. The van der Waals surface area contributed by atoms with Crippen LogP contribution >= 0.6 is 0 Å². The lowest BCUT2D eigenvalue weighted by Crippen LogP contribution is -2.36. The minimum Gasteiger partial charge on any atom is -0.445 e. The number of benzene rings is 1. The van der Waals surface area contributed by atoms with E-state index in [0.717, 1.165) is 17.5 Å². The first kappa shape index (κ1) is 23.6. The van der Waals surface area contributed by atoms with Gasteiger partial charge in [0.2, 0.25) is 0 Å². The Balaban J connectivity index is 1.73. The van der Waals surface area contributed by atoms with E-state index in [1.165, 1.54) is 11.0 Å². The summed E-state index contributed by atoms with van der Waals surface area (Å²) >= 11 is 0. The monoisotopic (exact) mass is 448 g/mol. The van der Waals surface area contributed by atoms with E-state index in [0.29, 0.717) is 36.6 Å². The summed E-state index contributed by atoms with van der Waals surface area (Å²) in [5, 5.41) is 18.6. The SMILES string of the molecule is C=CCOC(=O)N1CCc2ccc(C(=O)Nc3cccc(C(=N)N(C=N)C(C)C)n3)cc2C1. The fraction of sp³-hybridized carbons (Fsp3) is 0.292. The molecule has 0 bridgehead atoms. The van der Waals surface area contributed by atoms with Gasteiger partial charge in [-0.1, -0.05) is 24.8 Å². The molecular formula is C24H28N6O3. The van der Waals surface area contributed by atoms with Crippen LogP contribution in [0.3, 0.4) is 0 Å². The predicted octanol–water partition coefficient (Wildman–Crippen LogP) is 3.66. The summed E-state index contributed by atoms with van der Waals surface area (Å²) in [6, 6.07) is 10.4. The van der Waals surface area contributed by atoms with Gasteiger partial charge >= 0.3 is 6.09 Å². The maximum Gasteiger partial charge on any atom is 0.410 e. The Morgan fingerprint density at radius 3 is 2.79 bits per heavy atom. The number of carbonyl (C=O) groups is 2. The molecule has 172 valence electrons. The number of aromatic nitrogens is 1. The summed E-state index contributed by atoms with van der Waals surface area (Å²) in [5.74, 6) is 0.0460. The molecule has 0 spiro atoms. The fourth-order valence-electron chi connectivity index (χ4n) is 3.50. The van der Waals surface area contributed by atoms with Crippen molar-refractivity contribution in [3.63, 3.8) is 0 Å². The van der Waals surface area contributed by atoms with Crippen molar-refractivity contribution in [3.8, 4) is 0 Å². The number of carbonyl (C=O) groups excluding carboxylic acids is 2. The predicted molar refractivity (Wildman–Crippen MR) is 127 cm³/mol. The van der Waals surface area contributed by atoms with Crippen LogP contribution in [-0.2, 0) is 17.7 Å². The maximum atomic E-state index is 12.9. The molecule has 0 radical (unpaired) electrons. The molecule has 0 fully saturated rings. The molecule has 3 rings (SSSR count).